The number of likely N-dealkylation sites (N-methyl/N-ethyl adjacent to an activating group) is 1. The zero-order valence-electron chi connectivity index (χ0n) is 9.87. The molecule has 2 atom stereocenters. The van der Waals surface area contributed by atoms with Gasteiger partial charge in [0.15, 0.2) is 0 Å². The second-order valence-corrected chi connectivity index (χ2v) is 5.02. The van der Waals surface area contributed by atoms with Gasteiger partial charge in [0.05, 0.1) is 6.61 Å². The van der Waals surface area contributed by atoms with Crippen LogP contribution in [0.25, 0.3) is 0 Å². The molecular weight excluding hydrogens is 188 g/mol. The van der Waals surface area contributed by atoms with Gasteiger partial charge < -0.3 is 15.0 Å². The van der Waals surface area contributed by atoms with Crippen molar-refractivity contribution in [3.8, 4) is 0 Å². The van der Waals surface area contributed by atoms with Gasteiger partial charge in [-0.15, -0.1) is 0 Å². The second-order valence-electron chi connectivity index (χ2n) is 5.02. The number of likely N-dealkylation sites (tertiary alicyclic amines) is 1. The summed E-state index contributed by atoms with van der Waals surface area (Å²) in [7, 11) is 2.25. The van der Waals surface area contributed by atoms with E-state index in [1.807, 2.05) is 0 Å². The maximum absolute atomic E-state index is 5.37. The number of rotatable bonds is 4. The topological polar surface area (TPSA) is 24.5 Å². The molecule has 88 valence electrons. The smallest absolute Gasteiger partial charge is 0.0507 e. The van der Waals surface area contributed by atoms with Gasteiger partial charge in [-0.05, 0) is 38.8 Å². The van der Waals surface area contributed by atoms with Crippen molar-refractivity contribution in [1.82, 2.24) is 10.2 Å². The molecule has 0 aromatic rings. The Morgan fingerprint density at radius 2 is 2.20 bits per heavy atom. The standard InChI is InChI=1S/C12H24N2O/c1-14-6-3-2-4-12(14)9-13-8-11-5-7-15-10-11/h11-13H,2-10H2,1H3. The molecule has 2 fully saturated rings. The number of nitrogens with zero attached hydrogens (tertiary/aromatic N) is 1. The van der Waals surface area contributed by atoms with E-state index in [1.165, 1.54) is 32.2 Å². The molecule has 0 radical (unpaired) electrons. The first-order valence-corrected chi connectivity index (χ1v) is 6.35. The van der Waals surface area contributed by atoms with Gasteiger partial charge in [0, 0.05) is 25.7 Å². The van der Waals surface area contributed by atoms with E-state index in [4.69, 9.17) is 4.74 Å². The summed E-state index contributed by atoms with van der Waals surface area (Å²) in [6.07, 6.45) is 5.39. The van der Waals surface area contributed by atoms with Gasteiger partial charge in [0.1, 0.15) is 0 Å². The van der Waals surface area contributed by atoms with Crippen molar-refractivity contribution in [1.29, 1.82) is 0 Å². The molecule has 0 spiro atoms. The van der Waals surface area contributed by atoms with Crippen LogP contribution in [0.1, 0.15) is 25.7 Å². The summed E-state index contributed by atoms with van der Waals surface area (Å²) in [5.74, 6) is 0.763. The fourth-order valence-electron chi connectivity index (χ4n) is 2.60. The summed E-state index contributed by atoms with van der Waals surface area (Å²) in [5, 5.41) is 3.61. The first-order chi connectivity index (χ1) is 7.36. The third-order valence-electron chi connectivity index (χ3n) is 3.76. The first kappa shape index (κ1) is 11.4. The Morgan fingerprint density at radius 3 is 2.93 bits per heavy atom. The molecule has 0 amide bonds. The summed E-state index contributed by atoms with van der Waals surface area (Å²) in [6.45, 7) is 5.51. The predicted molar refractivity (Wildman–Crippen MR) is 62.1 cm³/mol. The van der Waals surface area contributed by atoms with Crippen LogP contribution >= 0.6 is 0 Å². The molecule has 0 aliphatic carbocycles. The number of ether oxygens (including phenoxy) is 1. The Balaban J connectivity index is 1.59. The minimum absolute atomic E-state index is 0.763. The van der Waals surface area contributed by atoms with Crippen molar-refractivity contribution >= 4 is 0 Å². The quantitative estimate of drug-likeness (QED) is 0.755. The average molecular weight is 212 g/mol. The molecular formula is C12H24N2O. The Labute approximate surface area is 93.2 Å². The monoisotopic (exact) mass is 212 g/mol. The molecule has 1 N–H and O–H groups in total. The lowest BCUT2D eigenvalue weighted by Gasteiger charge is -2.32. The zero-order valence-corrected chi connectivity index (χ0v) is 9.87. The van der Waals surface area contributed by atoms with Crippen LogP contribution in [-0.4, -0.2) is 50.8 Å². The molecule has 2 rings (SSSR count). The molecule has 0 aromatic heterocycles. The van der Waals surface area contributed by atoms with E-state index in [1.54, 1.807) is 0 Å². The minimum Gasteiger partial charge on any atom is -0.381 e. The van der Waals surface area contributed by atoms with Crippen molar-refractivity contribution in [2.45, 2.75) is 31.7 Å². The van der Waals surface area contributed by atoms with Gasteiger partial charge in [-0.3, -0.25) is 0 Å². The SMILES string of the molecule is CN1CCCCC1CNCC1CCOC1. The molecule has 2 aliphatic heterocycles. The third kappa shape index (κ3) is 3.44. The Morgan fingerprint density at radius 1 is 1.27 bits per heavy atom. The van der Waals surface area contributed by atoms with Crippen LogP contribution in [0.5, 0.6) is 0 Å². The number of hydrogen-bond donors (Lipinski definition) is 1. The fourth-order valence-corrected chi connectivity index (χ4v) is 2.60. The van der Waals surface area contributed by atoms with Gasteiger partial charge in [0.2, 0.25) is 0 Å². The van der Waals surface area contributed by atoms with Crippen LogP contribution in [0.15, 0.2) is 0 Å². The first-order valence-electron chi connectivity index (χ1n) is 6.35. The van der Waals surface area contributed by atoms with Crippen LogP contribution in [0, 0.1) is 5.92 Å². The molecule has 0 bridgehead atoms. The van der Waals surface area contributed by atoms with Crippen molar-refractivity contribution < 1.29 is 4.74 Å². The molecule has 3 heteroatoms. The Bertz CT molecular complexity index is 180. The predicted octanol–water partition coefficient (Wildman–Crippen LogP) is 1.10. The Kier molecular flexibility index (Phi) is 4.42. The highest BCUT2D eigenvalue weighted by Gasteiger charge is 2.19. The second kappa shape index (κ2) is 5.83. The van der Waals surface area contributed by atoms with Crippen molar-refractivity contribution in [2.24, 2.45) is 5.92 Å². The van der Waals surface area contributed by atoms with Gasteiger partial charge >= 0.3 is 0 Å². The summed E-state index contributed by atoms with van der Waals surface area (Å²) < 4.78 is 5.37. The van der Waals surface area contributed by atoms with Crippen LogP contribution < -0.4 is 5.32 Å². The van der Waals surface area contributed by atoms with Gasteiger partial charge in [-0.1, -0.05) is 6.42 Å². The molecule has 0 saturated carbocycles. The normalized spacial score (nSPS) is 33.4. The van der Waals surface area contributed by atoms with Crippen LogP contribution in [0.4, 0.5) is 0 Å². The van der Waals surface area contributed by atoms with E-state index in [0.29, 0.717) is 0 Å². The van der Waals surface area contributed by atoms with Gasteiger partial charge in [0.25, 0.3) is 0 Å². The van der Waals surface area contributed by atoms with Gasteiger partial charge in [-0.2, -0.15) is 0 Å². The fraction of sp³-hybridized carbons (Fsp3) is 1.00. The molecule has 2 unspecified atom stereocenters. The molecule has 2 heterocycles. The van der Waals surface area contributed by atoms with Crippen LogP contribution in [0.3, 0.4) is 0 Å². The molecule has 2 saturated heterocycles. The lowest BCUT2D eigenvalue weighted by atomic mass is 10.0. The molecule has 15 heavy (non-hydrogen) atoms. The summed E-state index contributed by atoms with van der Waals surface area (Å²) >= 11 is 0. The van der Waals surface area contributed by atoms with E-state index in [-0.39, 0.29) is 0 Å². The minimum atomic E-state index is 0.763. The lowest BCUT2D eigenvalue weighted by Crippen LogP contribution is -2.44. The highest BCUT2D eigenvalue weighted by atomic mass is 16.5. The average Bonchev–Trinajstić information content (AvgIpc) is 2.74. The van der Waals surface area contributed by atoms with Crippen LogP contribution in [-0.2, 0) is 4.74 Å². The van der Waals surface area contributed by atoms with Gasteiger partial charge in [-0.25, -0.2) is 0 Å². The van der Waals surface area contributed by atoms with Crippen molar-refractivity contribution in [3.63, 3.8) is 0 Å². The number of nitrogens with one attached hydrogen (secondary N) is 1. The largest absolute Gasteiger partial charge is 0.381 e. The van der Waals surface area contributed by atoms with Crippen LogP contribution in [0.2, 0.25) is 0 Å². The van der Waals surface area contributed by atoms with E-state index in [2.05, 4.69) is 17.3 Å². The highest BCUT2D eigenvalue weighted by Crippen LogP contribution is 2.15. The lowest BCUT2D eigenvalue weighted by molar-refractivity contribution is 0.173. The van der Waals surface area contributed by atoms with E-state index in [9.17, 15) is 0 Å². The Hall–Kier alpha value is -0.120. The summed E-state index contributed by atoms with van der Waals surface area (Å²) in [6, 6.07) is 0.765. The highest BCUT2D eigenvalue weighted by molar-refractivity contribution is 4.77. The van der Waals surface area contributed by atoms with E-state index < -0.39 is 0 Å². The molecule has 2 aliphatic rings. The van der Waals surface area contributed by atoms with E-state index in [0.717, 1.165) is 38.3 Å². The van der Waals surface area contributed by atoms with Crippen molar-refractivity contribution in [2.75, 3.05) is 39.9 Å². The maximum Gasteiger partial charge on any atom is 0.0507 e. The summed E-state index contributed by atoms with van der Waals surface area (Å²) in [5.41, 5.74) is 0. The zero-order chi connectivity index (χ0) is 10.5. The maximum atomic E-state index is 5.37. The molecule has 3 nitrogen and oxygen atoms in total. The number of piperidine rings is 1. The third-order valence-corrected chi connectivity index (χ3v) is 3.76. The van der Waals surface area contributed by atoms with E-state index >= 15 is 0 Å². The van der Waals surface area contributed by atoms with Crippen molar-refractivity contribution in [3.05, 3.63) is 0 Å². The number of hydrogen-bond acceptors (Lipinski definition) is 3. The molecule has 0 aromatic carbocycles. The summed E-state index contributed by atoms with van der Waals surface area (Å²) in [4.78, 5) is 2.50.